The Bertz CT molecular complexity index is 149. The molecule has 1 saturated heterocycles. The molecule has 1 heteroatoms. The summed E-state index contributed by atoms with van der Waals surface area (Å²) in [6.45, 7) is 11.8. The lowest BCUT2D eigenvalue weighted by atomic mass is 9.78. The summed E-state index contributed by atoms with van der Waals surface area (Å²) in [5.41, 5.74) is 0.507. The van der Waals surface area contributed by atoms with Crippen molar-refractivity contribution in [3.05, 3.63) is 0 Å². The van der Waals surface area contributed by atoms with Crippen LogP contribution in [0.1, 0.15) is 47.5 Å². The maximum atomic E-state index is 2.38. The first-order valence-corrected chi connectivity index (χ1v) is 6.00. The molecule has 1 heterocycles. The summed E-state index contributed by atoms with van der Waals surface area (Å²) in [6, 6.07) is 0. The Labute approximate surface area is 81.5 Å². The molecular weight excluding hydrogens is 164 g/mol. The van der Waals surface area contributed by atoms with Crippen LogP contribution in [-0.4, -0.2) is 10.5 Å². The van der Waals surface area contributed by atoms with E-state index >= 15 is 0 Å². The molecule has 0 N–H and O–H groups in total. The summed E-state index contributed by atoms with van der Waals surface area (Å²) in [5.74, 6) is 2.26. The Hall–Kier alpha value is 0.350. The molecule has 0 radical (unpaired) electrons. The van der Waals surface area contributed by atoms with Gasteiger partial charge in [0, 0.05) is 10.5 Å². The standard InChI is InChI=1S/C11H22S/c1-9(2)6-7-11(8-12-11)10(3,4)5/h9H,6-8H2,1-5H3. The van der Waals surface area contributed by atoms with Crippen molar-refractivity contribution < 1.29 is 0 Å². The second-order valence-corrected chi connectivity index (χ2v) is 6.82. The number of thioether (sulfide) groups is 1. The predicted octanol–water partition coefficient (Wildman–Crippen LogP) is 3.95. The van der Waals surface area contributed by atoms with Crippen LogP contribution in [-0.2, 0) is 0 Å². The van der Waals surface area contributed by atoms with Gasteiger partial charge in [-0.25, -0.2) is 0 Å². The second-order valence-electron chi connectivity index (χ2n) is 5.47. The van der Waals surface area contributed by atoms with E-state index in [4.69, 9.17) is 0 Å². The van der Waals surface area contributed by atoms with Crippen molar-refractivity contribution in [2.24, 2.45) is 11.3 Å². The fraction of sp³-hybridized carbons (Fsp3) is 1.00. The lowest BCUT2D eigenvalue weighted by molar-refractivity contribution is 0.302. The van der Waals surface area contributed by atoms with Gasteiger partial charge in [-0.05, 0) is 24.2 Å². The molecule has 0 bridgehead atoms. The van der Waals surface area contributed by atoms with Crippen molar-refractivity contribution in [3.8, 4) is 0 Å². The second kappa shape index (κ2) is 3.25. The Morgan fingerprint density at radius 1 is 1.33 bits per heavy atom. The van der Waals surface area contributed by atoms with Gasteiger partial charge in [0.05, 0.1) is 0 Å². The van der Waals surface area contributed by atoms with Crippen LogP contribution in [0.5, 0.6) is 0 Å². The molecule has 0 amide bonds. The average molecular weight is 186 g/mol. The molecule has 0 aromatic heterocycles. The highest BCUT2D eigenvalue weighted by Gasteiger charge is 2.52. The Kier molecular flexibility index (Phi) is 2.82. The minimum absolute atomic E-state index is 0.507. The molecular formula is C11H22S. The summed E-state index contributed by atoms with van der Waals surface area (Å²) in [7, 11) is 0. The normalized spacial score (nSPS) is 29.5. The van der Waals surface area contributed by atoms with Gasteiger partial charge in [0.2, 0.25) is 0 Å². The molecule has 0 aromatic carbocycles. The Morgan fingerprint density at radius 3 is 2.08 bits per heavy atom. The first-order chi connectivity index (χ1) is 5.37. The molecule has 1 rings (SSSR count). The highest BCUT2D eigenvalue weighted by Crippen LogP contribution is 2.59. The minimum Gasteiger partial charge on any atom is -0.152 e. The molecule has 1 fully saturated rings. The smallest absolute Gasteiger partial charge is 0.0299 e. The third kappa shape index (κ3) is 2.18. The topological polar surface area (TPSA) is 0 Å². The van der Waals surface area contributed by atoms with Crippen LogP contribution >= 0.6 is 11.8 Å². The van der Waals surface area contributed by atoms with Gasteiger partial charge < -0.3 is 0 Å². The van der Waals surface area contributed by atoms with Crippen molar-refractivity contribution in [3.63, 3.8) is 0 Å². The fourth-order valence-electron chi connectivity index (χ4n) is 1.56. The van der Waals surface area contributed by atoms with Crippen molar-refractivity contribution in [1.29, 1.82) is 0 Å². The molecule has 0 aliphatic carbocycles. The largest absolute Gasteiger partial charge is 0.152 e. The van der Waals surface area contributed by atoms with E-state index in [1.807, 2.05) is 0 Å². The van der Waals surface area contributed by atoms with Crippen molar-refractivity contribution in [1.82, 2.24) is 0 Å². The fourth-order valence-corrected chi connectivity index (χ4v) is 3.01. The van der Waals surface area contributed by atoms with Crippen LogP contribution in [0.4, 0.5) is 0 Å². The number of hydrogen-bond donors (Lipinski definition) is 0. The van der Waals surface area contributed by atoms with E-state index < -0.39 is 0 Å². The van der Waals surface area contributed by atoms with Crippen LogP contribution in [0.15, 0.2) is 0 Å². The molecule has 1 atom stereocenters. The summed E-state index contributed by atoms with van der Waals surface area (Å²) in [5, 5.41) is 0. The average Bonchev–Trinajstić information content (AvgIpc) is 2.60. The first kappa shape index (κ1) is 10.4. The number of hydrogen-bond acceptors (Lipinski definition) is 1. The molecule has 0 aromatic rings. The van der Waals surface area contributed by atoms with Gasteiger partial charge in [-0.2, -0.15) is 11.8 Å². The highest BCUT2D eigenvalue weighted by molar-refractivity contribution is 8.07. The maximum absolute atomic E-state index is 2.38. The first-order valence-electron chi connectivity index (χ1n) is 5.01. The van der Waals surface area contributed by atoms with Gasteiger partial charge in [0.25, 0.3) is 0 Å². The monoisotopic (exact) mass is 186 g/mol. The third-order valence-corrected chi connectivity index (χ3v) is 4.79. The summed E-state index contributed by atoms with van der Waals surface area (Å²) in [4.78, 5) is 0. The van der Waals surface area contributed by atoms with E-state index in [-0.39, 0.29) is 0 Å². The van der Waals surface area contributed by atoms with Gasteiger partial charge in [-0.15, -0.1) is 0 Å². The highest BCUT2D eigenvalue weighted by atomic mass is 32.2. The minimum atomic E-state index is 0.507. The van der Waals surface area contributed by atoms with Crippen molar-refractivity contribution >= 4 is 11.8 Å². The maximum Gasteiger partial charge on any atom is 0.0299 e. The van der Waals surface area contributed by atoms with E-state index in [1.165, 1.54) is 18.6 Å². The van der Waals surface area contributed by atoms with Crippen LogP contribution in [0, 0.1) is 11.3 Å². The third-order valence-electron chi connectivity index (χ3n) is 2.99. The Morgan fingerprint density at radius 2 is 1.83 bits per heavy atom. The van der Waals surface area contributed by atoms with Gasteiger partial charge in [-0.1, -0.05) is 34.6 Å². The SMILES string of the molecule is CC(C)CCC1(C(C)(C)C)CS1. The molecule has 1 aliphatic rings. The Balaban J connectivity index is 2.40. The zero-order chi connectivity index (χ0) is 9.41. The molecule has 12 heavy (non-hydrogen) atoms. The van der Waals surface area contributed by atoms with E-state index in [1.54, 1.807) is 0 Å². The lowest BCUT2D eigenvalue weighted by Gasteiger charge is -2.29. The van der Waals surface area contributed by atoms with E-state index in [9.17, 15) is 0 Å². The van der Waals surface area contributed by atoms with Gasteiger partial charge >= 0.3 is 0 Å². The summed E-state index contributed by atoms with van der Waals surface area (Å²) >= 11 is 2.16. The zero-order valence-electron chi connectivity index (χ0n) is 9.11. The number of rotatable bonds is 3. The zero-order valence-corrected chi connectivity index (χ0v) is 9.92. The molecule has 72 valence electrons. The van der Waals surface area contributed by atoms with Crippen molar-refractivity contribution in [2.75, 3.05) is 5.75 Å². The van der Waals surface area contributed by atoms with Gasteiger partial charge in [-0.3, -0.25) is 0 Å². The van der Waals surface area contributed by atoms with E-state index in [2.05, 4.69) is 46.4 Å². The molecule has 1 unspecified atom stereocenters. The molecule has 1 aliphatic heterocycles. The van der Waals surface area contributed by atoms with Crippen LogP contribution < -0.4 is 0 Å². The molecule has 0 spiro atoms. The molecule has 0 saturated carbocycles. The van der Waals surface area contributed by atoms with Crippen molar-refractivity contribution in [2.45, 2.75) is 52.2 Å². The van der Waals surface area contributed by atoms with Crippen LogP contribution in [0.3, 0.4) is 0 Å². The quantitative estimate of drug-likeness (QED) is 0.601. The van der Waals surface area contributed by atoms with Crippen LogP contribution in [0.2, 0.25) is 0 Å². The summed E-state index contributed by atoms with van der Waals surface area (Å²) < 4.78 is 0.636. The predicted molar refractivity (Wildman–Crippen MR) is 58.7 cm³/mol. The lowest BCUT2D eigenvalue weighted by Crippen LogP contribution is -2.28. The van der Waals surface area contributed by atoms with Gasteiger partial charge in [0.1, 0.15) is 0 Å². The van der Waals surface area contributed by atoms with Gasteiger partial charge in [0.15, 0.2) is 0 Å². The van der Waals surface area contributed by atoms with E-state index in [0.29, 0.717) is 10.2 Å². The molecule has 0 nitrogen and oxygen atoms in total. The van der Waals surface area contributed by atoms with Crippen LogP contribution in [0.25, 0.3) is 0 Å². The van der Waals surface area contributed by atoms with E-state index in [0.717, 1.165) is 5.92 Å². The summed E-state index contributed by atoms with van der Waals surface area (Å²) in [6.07, 6.45) is 2.81.